The van der Waals surface area contributed by atoms with Crippen LogP contribution in [0.4, 0.5) is 0 Å². The van der Waals surface area contributed by atoms with E-state index < -0.39 is 0 Å². The number of carbonyl (C=O) groups excluding carboxylic acids is 2. The van der Waals surface area contributed by atoms with E-state index >= 15 is 0 Å². The molecule has 0 aliphatic rings. The third-order valence-electron chi connectivity index (χ3n) is 4.63. The summed E-state index contributed by atoms with van der Waals surface area (Å²) in [6.45, 7) is 2.70. The van der Waals surface area contributed by atoms with Gasteiger partial charge in [0.05, 0.1) is 16.3 Å². The van der Waals surface area contributed by atoms with E-state index in [-0.39, 0.29) is 24.8 Å². The molecule has 8 heteroatoms. The lowest BCUT2D eigenvalue weighted by Crippen LogP contribution is -2.29. The Morgan fingerprint density at radius 2 is 1.70 bits per heavy atom. The number of rotatable bonds is 9. The monoisotopic (exact) mass is 483 g/mol. The van der Waals surface area contributed by atoms with Crippen molar-refractivity contribution in [1.29, 1.82) is 0 Å². The highest BCUT2D eigenvalue weighted by atomic mass is 35.5. The van der Waals surface area contributed by atoms with Crippen molar-refractivity contribution in [2.75, 3.05) is 6.54 Å². The first-order valence-corrected chi connectivity index (χ1v) is 11.0. The summed E-state index contributed by atoms with van der Waals surface area (Å²) in [5.74, 6) is 0.0859. The van der Waals surface area contributed by atoms with Gasteiger partial charge in [-0.2, -0.15) is 5.10 Å². The molecule has 3 aromatic rings. The Bertz CT molecular complexity index is 1130. The lowest BCUT2D eigenvalue weighted by Gasteiger charge is -2.07. The van der Waals surface area contributed by atoms with Crippen molar-refractivity contribution >= 4 is 41.2 Å². The summed E-state index contributed by atoms with van der Waals surface area (Å²) in [5.41, 5.74) is 5.93. The summed E-state index contributed by atoms with van der Waals surface area (Å²) >= 11 is 11.7. The molecule has 0 radical (unpaired) electrons. The largest absolute Gasteiger partial charge is 0.489 e. The standard InChI is InChI=1S/C25H23Cl2N3O3/c1-17-2-4-19(5-3-17)16-33-21-9-6-18(7-10-21)15-29-30-24(31)12-13-28-25(32)20-8-11-22(26)23(27)14-20/h2-11,14-15H,12-13,16H2,1H3,(H,28,32)(H,30,31). The van der Waals surface area contributed by atoms with Gasteiger partial charge in [0.1, 0.15) is 12.4 Å². The molecule has 0 saturated heterocycles. The smallest absolute Gasteiger partial charge is 0.251 e. The number of hydrogen-bond donors (Lipinski definition) is 2. The van der Waals surface area contributed by atoms with Gasteiger partial charge in [-0.05, 0) is 60.5 Å². The van der Waals surface area contributed by atoms with E-state index in [0.29, 0.717) is 22.2 Å². The van der Waals surface area contributed by atoms with E-state index in [9.17, 15) is 9.59 Å². The second kappa shape index (κ2) is 12.0. The Hall–Kier alpha value is -3.35. The molecule has 0 bridgehead atoms. The van der Waals surface area contributed by atoms with Gasteiger partial charge in [-0.15, -0.1) is 0 Å². The zero-order valence-corrected chi connectivity index (χ0v) is 19.5. The van der Waals surface area contributed by atoms with Gasteiger partial charge in [0, 0.05) is 18.5 Å². The third-order valence-corrected chi connectivity index (χ3v) is 5.37. The first-order chi connectivity index (χ1) is 15.9. The van der Waals surface area contributed by atoms with E-state index in [1.807, 2.05) is 43.3 Å². The second-order valence-corrected chi connectivity index (χ2v) is 8.09. The van der Waals surface area contributed by atoms with Gasteiger partial charge in [-0.25, -0.2) is 5.43 Å². The summed E-state index contributed by atoms with van der Waals surface area (Å²) in [4.78, 5) is 24.0. The third kappa shape index (κ3) is 7.93. The highest BCUT2D eigenvalue weighted by Gasteiger charge is 2.08. The maximum Gasteiger partial charge on any atom is 0.251 e. The van der Waals surface area contributed by atoms with Crippen LogP contribution < -0.4 is 15.5 Å². The van der Waals surface area contributed by atoms with Gasteiger partial charge >= 0.3 is 0 Å². The number of hydrogen-bond acceptors (Lipinski definition) is 4. The Labute approximate surface area is 202 Å². The average Bonchev–Trinajstić information content (AvgIpc) is 2.81. The van der Waals surface area contributed by atoms with Crippen molar-refractivity contribution < 1.29 is 14.3 Å². The van der Waals surface area contributed by atoms with Gasteiger partial charge < -0.3 is 10.1 Å². The fourth-order valence-electron chi connectivity index (χ4n) is 2.76. The van der Waals surface area contributed by atoms with Crippen molar-refractivity contribution in [3.8, 4) is 5.75 Å². The molecular weight excluding hydrogens is 461 g/mol. The molecule has 0 fully saturated rings. The van der Waals surface area contributed by atoms with Crippen LogP contribution in [0.3, 0.4) is 0 Å². The number of ether oxygens (including phenoxy) is 1. The molecule has 6 nitrogen and oxygen atoms in total. The van der Waals surface area contributed by atoms with Gasteiger partial charge in [0.2, 0.25) is 5.91 Å². The van der Waals surface area contributed by atoms with Gasteiger partial charge in [-0.1, -0.05) is 53.0 Å². The number of carbonyl (C=O) groups is 2. The van der Waals surface area contributed by atoms with Crippen molar-refractivity contribution in [3.63, 3.8) is 0 Å². The number of aryl methyl sites for hydroxylation is 1. The van der Waals surface area contributed by atoms with Crippen molar-refractivity contribution in [1.82, 2.24) is 10.7 Å². The average molecular weight is 484 g/mol. The second-order valence-electron chi connectivity index (χ2n) is 7.27. The number of nitrogens with one attached hydrogen (secondary N) is 2. The number of amides is 2. The Balaban J connectivity index is 1.37. The van der Waals surface area contributed by atoms with Crippen LogP contribution in [0, 0.1) is 6.92 Å². The number of nitrogens with zero attached hydrogens (tertiary/aromatic N) is 1. The lowest BCUT2D eigenvalue weighted by molar-refractivity contribution is -0.120. The predicted octanol–water partition coefficient (Wildman–Crippen LogP) is 5.15. The van der Waals surface area contributed by atoms with Crippen LogP contribution in [0.15, 0.2) is 71.8 Å². The zero-order chi connectivity index (χ0) is 23.6. The lowest BCUT2D eigenvalue weighted by atomic mass is 10.2. The minimum absolute atomic E-state index is 0.0796. The molecule has 170 valence electrons. The summed E-state index contributed by atoms with van der Waals surface area (Å²) in [6.07, 6.45) is 1.62. The van der Waals surface area contributed by atoms with Gasteiger partial charge in [0.25, 0.3) is 5.91 Å². The Morgan fingerprint density at radius 1 is 0.970 bits per heavy atom. The molecule has 2 amide bonds. The molecule has 33 heavy (non-hydrogen) atoms. The Kier molecular flexibility index (Phi) is 8.87. The molecule has 0 saturated carbocycles. The van der Waals surface area contributed by atoms with E-state index in [1.165, 1.54) is 17.8 Å². The number of benzene rings is 3. The van der Waals surface area contributed by atoms with E-state index in [1.54, 1.807) is 12.1 Å². The first-order valence-electron chi connectivity index (χ1n) is 10.2. The summed E-state index contributed by atoms with van der Waals surface area (Å²) in [7, 11) is 0. The molecule has 0 atom stereocenters. The maximum atomic E-state index is 12.1. The minimum atomic E-state index is -0.338. The van der Waals surface area contributed by atoms with Crippen LogP contribution in [-0.4, -0.2) is 24.6 Å². The van der Waals surface area contributed by atoms with Crippen LogP contribution in [0.1, 0.15) is 33.5 Å². The van der Waals surface area contributed by atoms with Crippen LogP contribution >= 0.6 is 23.2 Å². The van der Waals surface area contributed by atoms with Crippen LogP contribution in [0.5, 0.6) is 5.75 Å². The zero-order valence-electron chi connectivity index (χ0n) is 18.0. The highest BCUT2D eigenvalue weighted by molar-refractivity contribution is 6.42. The quantitative estimate of drug-likeness (QED) is 0.326. The minimum Gasteiger partial charge on any atom is -0.489 e. The molecule has 3 rings (SSSR count). The number of halogens is 2. The molecule has 0 aliphatic carbocycles. The Morgan fingerprint density at radius 3 is 2.39 bits per heavy atom. The predicted molar refractivity (Wildman–Crippen MR) is 131 cm³/mol. The van der Waals surface area contributed by atoms with E-state index in [0.717, 1.165) is 16.9 Å². The van der Waals surface area contributed by atoms with Gasteiger partial charge in [-0.3, -0.25) is 9.59 Å². The van der Waals surface area contributed by atoms with E-state index in [2.05, 4.69) is 28.0 Å². The van der Waals surface area contributed by atoms with Crippen molar-refractivity contribution in [3.05, 3.63) is 99.0 Å². The van der Waals surface area contributed by atoms with Crippen molar-refractivity contribution in [2.45, 2.75) is 20.0 Å². The SMILES string of the molecule is Cc1ccc(COc2ccc(C=NNC(=O)CCNC(=O)c3ccc(Cl)c(Cl)c3)cc2)cc1. The molecule has 0 aliphatic heterocycles. The van der Waals surface area contributed by atoms with Gasteiger partial charge in [0.15, 0.2) is 0 Å². The topological polar surface area (TPSA) is 79.8 Å². The first kappa shape index (κ1) is 24.3. The fourth-order valence-corrected chi connectivity index (χ4v) is 3.06. The van der Waals surface area contributed by atoms with Crippen LogP contribution in [0.25, 0.3) is 0 Å². The number of hydrazone groups is 1. The molecule has 0 spiro atoms. The molecule has 0 unspecified atom stereocenters. The maximum absolute atomic E-state index is 12.1. The summed E-state index contributed by atoms with van der Waals surface area (Å²) in [6, 6.07) is 20.1. The van der Waals surface area contributed by atoms with E-state index in [4.69, 9.17) is 27.9 Å². The molecule has 2 N–H and O–H groups in total. The molecule has 0 aromatic heterocycles. The molecule has 3 aromatic carbocycles. The summed E-state index contributed by atoms with van der Waals surface area (Å²) in [5, 5.41) is 7.25. The highest BCUT2D eigenvalue weighted by Crippen LogP contribution is 2.22. The normalized spacial score (nSPS) is 10.8. The van der Waals surface area contributed by atoms with Crippen LogP contribution in [-0.2, 0) is 11.4 Å². The summed E-state index contributed by atoms with van der Waals surface area (Å²) < 4.78 is 5.77. The van der Waals surface area contributed by atoms with Crippen LogP contribution in [0.2, 0.25) is 10.0 Å². The van der Waals surface area contributed by atoms with Crippen molar-refractivity contribution in [2.24, 2.45) is 5.10 Å². The molecule has 0 heterocycles. The fraction of sp³-hybridized carbons (Fsp3) is 0.160. The molecular formula is C25H23Cl2N3O3.